The van der Waals surface area contributed by atoms with Crippen molar-refractivity contribution in [2.24, 2.45) is 0 Å². The molecule has 0 fully saturated rings. The summed E-state index contributed by atoms with van der Waals surface area (Å²) in [5.41, 5.74) is 7.85. The van der Waals surface area contributed by atoms with Crippen LogP contribution < -0.4 is 16.6 Å². The van der Waals surface area contributed by atoms with Gasteiger partial charge in [0, 0.05) is 11.8 Å². The number of hydrogen-bond donors (Lipinski definition) is 2. The predicted octanol–water partition coefficient (Wildman–Crippen LogP) is 5.05. The fourth-order valence-electron chi connectivity index (χ4n) is 4.33. The number of nitrogens with one attached hydrogen (secondary N) is 1. The second-order valence-corrected chi connectivity index (χ2v) is 11.6. The fourth-order valence-corrected chi connectivity index (χ4v) is 5.51. The van der Waals surface area contributed by atoms with Crippen LogP contribution in [0.2, 0.25) is 5.02 Å². The Balaban J connectivity index is 1.65. The summed E-state index contributed by atoms with van der Waals surface area (Å²) in [4.78, 5) is 27.3. The van der Waals surface area contributed by atoms with Crippen LogP contribution in [0.5, 0.6) is 0 Å². The largest absolute Gasteiger partial charge is 0.368 e. The first-order valence-electron chi connectivity index (χ1n) is 12.2. The third-order valence-electron chi connectivity index (χ3n) is 6.32. The summed E-state index contributed by atoms with van der Waals surface area (Å²) in [6.07, 6.45) is 1.53. The molecule has 3 aromatic carbocycles. The topological polar surface area (TPSA) is 133 Å². The third-order valence-corrected chi connectivity index (χ3v) is 8.37. The lowest BCUT2D eigenvalue weighted by Crippen LogP contribution is -2.27. The van der Waals surface area contributed by atoms with Crippen molar-refractivity contribution in [1.29, 1.82) is 0 Å². The molecular formula is C28H25ClN6O3S. The van der Waals surface area contributed by atoms with E-state index in [2.05, 4.69) is 15.3 Å². The van der Waals surface area contributed by atoms with Gasteiger partial charge in [0.15, 0.2) is 9.84 Å². The van der Waals surface area contributed by atoms with Gasteiger partial charge in [-0.05, 0) is 48.9 Å². The summed E-state index contributed by atoms with van der Waals surface area (Å²) in [5.74, 6) is 0.794. The Morgan fingerprint density at radius 2 is 1.77 bits per heavy atom. The van der Waals surface area contributed by atoms with Gasteiger partial charge in [-0.3, -0.25) is 9.36 Å². The Labute approximate surface area is 230 Å². The number of fused-ring (bicyclic) bond motifs is 1. The van der Waals surface area contributed by atoms with Crippen LogP contribution in [0.25, 0.3) is 27.7 Å². The molecule has 5 rings (SSSR count). The number of aromatic nitrogens is 4. The van der Waals surface area contributed by atoms with E-state index in [1.54, 1.807) is 49.4 Å². The molecule has 0 bridgehead atoms. The van der Waals surface area contributed by atoms with E-state index in [1.165, 1.54) is 10.8 Å². The van der Waals surface area contributed by atoms with Crippen LogP contribution in [-0.4, -0.2) is 33.7 Å². The van der Waals surface area contributed by atoms with Crippen molar-refractivity contribution in [2.45, 2.75) is 24.8 Å². The Kier molecular flexibility index (Phi) is 7.07. The molecule has 39 heavy (non-hydrogen) atoms. The zero-order valence-electron chi connectivity index (χ0n) is 21.2. The second kappa shape index (κ2) is 10.5. The van der Waals surface area contributed by atoms with Gasteiger partial charge in [0.2, 0.25) is 5.95 Å². The van der Waals surface area contributed by atoms with E-state index in [0.717, 1.165) is 0 Å². The summed E-state index contributed by atoms with van der Waals surface area (Å²) in [7, 11) is -3.43. The molecule has 9 nitrogen and oxygen atoms in total. The van der Waals surface area contributed by atoms with Gasteiger partial charge in [-0.1, -0.05) is 54.9 Å². The summed E-state index contributed by atoms with van der Waals surface area (Å²) in [6, 6.07) is 20.3. The highest BCUT2D eigenvalue weighted by Crippen LogP contribution is 2.31. The quantitative estimate of drug-likeness (QED) is 0.283. The van der Waals surface area contributed by atoms with Gasteiger partial charge in [-0.2, -0.15) is 4.98 Å². The highest BCUT2D eigenvalue weighted by molar-refractivity contribution is 7.91. The Bertz CT molecular complexity index is 1860. The standard InChI is InChI=1S/C28H25ClN6O3S/c1-3-39(37,38)20-12-7-9-18(15-20)21-16-31-28(30)34-25(21)32-17(2)26-33-23-14-8-13-22(29)24(23)27(36)35(26)19-10-5-4-6-11-19/h4-17H,3H2,1-2H3,(H3,30,31,32,34). The summed E-state index contributed by atoms with van der Waals surface area (Å²) in [6.45, 7) is 3.44. The number of rotatable bonds is 7. The maximum atomic E-state index is 13.7. The monoisotopic (exact) mass is 560 g/mol. The molecule has 0 saturated heterocycles. The van der Waals surface area contributed by atoms with Crippen molar-refractivity contribution in [1.82, 2.24) is 19.5 Å². The van der Waals surface area contributed by atoms with Gasteiger partial charge in [-0.15, -0.1) is 0 Å². The normalized spacial score (nSPS) is 12.4. The molecule has 0 spiro atoms. The van der Waals surface area contributed by atoms with Crippen LogP contribution in [0.15, 0.2) is 88.7 Å². The number of nitrogen functional groups attached to an aromatic ring is 1. The average Bonchev–Trinajstić information content (AvgIpc) is 2.93. The minimum absolute atomic E-state index is 0.0223. The zero-order chi connectivity index (χ0) is 27.7. The molecule has 2 heterocycles. The molecule has 11 heteroatoms. The number of nitrogens with two attached hydrogens (primary N) is 1. The Hall–Kier alpha value is -4.28. The Morgan fingerprint density at radius 3 is 2.51 bits per heavy atom. The van der Waals surface area contributed by atoms with Crippen molar-refractivity contribution < 1.29 is 8.42 Å². The third kappa shape index (κ3) is 5.08. The van der Waals surface area contributed by atoms with Crippen molar-refractivity contribution in [3.63, 3.8) is 0 Å². The van der Waals surface area contributed by atoms with Crippen molar-refractivity contribution in [3.05, 3.63) is 100 Å². The van der Waals surface area contributed by atoms with Crippen LogP contribution in [0, 0.1) is 0 Å². The second-order valence-electron chi connectivity index (χ2n) is 8.87. The van der Waals surface area contributed by atoms with Crippen LogP contribution in [0.4, 0.5) is 11.8 Å². The van der Waals surface area contributed by atoms with E-state index >= 15 is 0 Å². The van der Waals surface area contributed by atoms with Gasteiger partial charge in [0.25, 0.3) is 5.56 Å². The minimum atomic E-state index is -3.43. The number of halogens is 1. The Morgan fingerprint density at radius 1 is 1.03 bits per heavy atom. The molecule has 0 aliphatic carbocycles. The molecule has 0 aliphatic rings. The van der Waals surface area contributed by atoms with Gasteiger partial charge in [-0.25, -0.2) is 18.4 Å². The molecule has 198 valence electrons. The van der Waals surface area contributed by atoms with Crippen LogP contribution >= 0.6 is 11.6 Å². The summed E-state index contributed by atoms with van der Waals surface area (Å²) >= 11 is 6.40. The smallest absolute Gasteiger partial charge is 0.267 e. The van der Waals surface area contributed by atoms with Crippen molar-refractivity contribution in [2.75, 3.05) is 16.8 Å². The number of anilines is 2. The lowest BCUT2D eigenvalue weighted by atomic mass is 10.1. The molecule has 3 N–H and O–H groups in total. The van der Waals surface area contributed by atoms with Crippen LogP contribution in [0.1, 0.15) is 25.7 Å². The summed E-state index contributed by atoms with van der Waals surface area (Å²) < 4.78 is 26.5. The van der Waals surface area contributed by atoms with Gasteiger partial charge in [0.05, 0.1) is 38.3 Å². The van der Waals surface area contributed by atoms with Crippen LogP contribution in [-0.2, 0) is 9.84 Å². The molecule has 2 aromatic heterocycles. The molecule has 1 unspecified atom stereocenters. The predicted molar refractivity (Wildman–Crippen MR) is 154 cm³/mol. The highest BCUT2D eigenvalue weighted by Gasteiger charge is 2.22. The maximum Gasteiger partial charge on any atom is 0.267 e. The molecule has 1 atom stereocenters. The first kappa shape index (κ1) is 26.3. The molecule has 0 amide bonds. The lowest BCUT2D eigenvalue weighted by Gasteiger charge is -2.21. The van der Waals surface area contributed by atoms with Gasteiger partial charge < -0.3 is 11.1 Å². The number of nitrogens with zero attached hydrogens (tertiary/aromatic N) is 4. The molecule has 0 saturated carbocycles. The zero-order valence-corrected chi connectivity index (χ0v) is 22.7. The fraction of sp³-hybridized carbons (Fsp3) is 0.143. The minimum Gasteiger partial charge on any atom is -0.368 e. The number of sulfone groups is 1. The van der Waals surface area contributed by atoms with E-state index < -0.39 is 15.9 Å². The first-order valence-corrected chi connectivity index (χ1v) is 14.2. The number of hydrogen-bond acceptors (Lipinski definition) is 8. The van der Waals surface area contributed by atoms with E-state index in [0.29, 0.717) is 44.4 Å². The van der Waals surface area contributed by atoms with Gasteiger partial charge in [0.1, 0.15) is 11.6 Å². The molecule has 5 aromatic rings. The molecule has 0 aliphatic heterocycles. The number of para-hydroxylation sites is 1. The molecule has 0 radical (unpaired) electrons. The number of benzene rings is 3. The van der Waals surface area contributed by atoms with E-state index in [1.807, 2.05) is 37.3 Å². The van der Waals surface area contributed by atoms with E-state index in [4.69, 9.17) is 22.3 Å². The average molecular weight is 561 g/mol. The lowest BCUT2D eigenvalue weighted by molar-refractivity contribution is 0.597. The van der Waals surface area contributed by atoms with E-state index in [-0.39, 0.29) is 22.2 Å². The van der Waals surface area contributed by atoms with Gasteiger partial charge >= 0.3 is 0 Å². The SMILES string of the molecule is CCS(=O)(=O)c1cccc(-c2cnc(N)nc2NC(C)c2nc3cccc(Cl)c3c(=O)n2-c2ccccc2)c1. The maximum absolute atomic E-state index is 13.7. The van der Waals surface area contributed by atoms with Crippen molar-refractivity contribution in [3.8, 4) is 16.8 Å². The van der Waals surface area contributed by atoms with Crippen LogP contribution in [0.3, 0.4) is 0 Å². The molecular weight excluding hydrogens is 536 g/mol. The first-order chi connectivity index (χ1) is 18.7. The highest BCUT2D eigenvalue weighted by atomic mass is 35.5. The van der Waals surface area contributed by atoms with Crippen molar-refractivity contribution >= 4 is 44.1 Å². The van der Waals surface area contributed by atoms with E-state index in [9.17, 15) is 13.2 Å². The summed E-state index contributed by atoms with van der Waals surface area (Å²) in [5, 5.41) is 3.95.